The first-order valence-corrected chi connectivity index (χ1v) is 8.66. The highest BCUT2D eigenvalue weighted by molar-refractivity contribution is 7.90. The third kappa shape index (κ3) is 3.22. The van der Waals surface area contributed by atoms with Gasteiger partial charge in [0.2, 0.25) is 0 Å². The van der Waals surface area contributed by atoms with Crippen molar-refractivity contribution in [2.45, 2.75) is 24.7 Å². The molecule has 2 rings (SSSR count). The molecular formula is C16H17ClO2S. The number of hydrogen-bond donors (Lipinski definition) is 0. The fraction of sp³-hybridized carbons (Fsp3) is 0.250. The Morgan fingerprint density at radius 1 is 0.950 bits per heavy atom. The molecule has 0 heterocycles. The summed E-state index contributed by atoms with van der Waals surface area (Å²) in [6, 6.07) is 13.3. The summed E-state index contributed by atoms with van der Waals surface area (Å²) >= 11 is 6.07. The summed E-state index contributed by atoms with van der Waals surface area (Å²) in [7, 11) is -3.28. The van der Waals surface area contributed by atoms with E-state index in [0.29, 0.717) is 5.92 Å². The summed E-state index contributed by atoms with van der Waals surface area (Å²) in [5.74, 6) is 0.486. The van der Waals surface area contributed by atoms with E-state index in [0.717, 1.165) is 17.4 Å². The van der Waals surface area contributed by atoms with E-state index in [1.807, 2.05) is 12.1 Å². The van der Waals surface area contributed by atoms with E-state index in [1.54, 1.807) is 18.2 Å². The van der Waals surface area contributed by atoms with Gasteiger partial charge in [-0.2, -0.15) is 0 Å². The summed E-state index contributed by atoms with van der Waals surface area (Å²) in [5.41, 5.74) is 3.21. The van der Waals surface area contributed by atoms with E-state index in [-0.39, 0.29) is 9.92 Å². The Morgan fingerprint density at radius 3 is 1.95 bits per heavy atom. The van der Waals surface area contributed by atoms with Crippen LogP contribution in [0, 0.1) is 0 Å². The van der Waals surface area contributed by atoms with Gasteiger partial charge in [0.15, 0.2) is 9.84 Å². The van der Waals surface area contributed by atoms with Crippen molar-refractivity contribution in [1.82, 2.24) is 0 Å². The van der Waals surface area contributed by atoms with Crippen LogP contribution in [0.5, 0.6) is 0 Å². The third-order valence-electron chi connectivity index (χ3n) is 3.24. The predicted octanol–water partition coefficient (Wildman–Crippen LogP) is 4.53. The molecule has 0 saturated heterocycles. The van der Waals surface area contributed by atoms with E-state index < -0.39 is 9.84 Å². The SMILES string of the molecule is CC(C)c1ccc(-c2ccc(S(C)(=O)=O)c(Cl)c2)cc1. The van der Waals surface area contributed by atoms with E-state index >= 15 is 0 Å². The fourth-order valence-electron chi connectivity index (χ4n) is 2.04. The highest BCUT2D eigenvalue weighted by Crippen LogP contribution is 2.29. The van der Waals surface area contributed by atoms with Crippen molar-refractivity contribution in [2.75, 3.05) is 6.26 Å². The van der Waals surface area contributed by atoms with Crippen molar-refractivity contribution < 1.29 is 8.42 Å². The summed E-state index contributed by atoms with van der Waals surface area (Å²) < 4.78 is 23.1. The number of sulfone groups is 1. The van der Waals surface area contributed by atoms with E-state index in [2.05, 4.69) is 26.0 Å². The van der Waals surface area contributed by atoms with Crippen molar-refractivity contribution in [3.05, 3.63) is 53.1 Å². The third-order valence-corrected chi connectivity index (χ3v) is 4.82. The van der Waals surface area contributed by atoms with Crippen LogP contribution in [0.1, 0.15) is 25.3 Å². The molecular weight excluding hydrogens is 292 g/mol. The molecule has 0 amide bonds. The van der Waals surface area contributed by atoms with Gasteiger partial charge >= 0.3 is 0 Å². The minimum Gasteiger partial charge on any atom is -0.224 e. The smallest absolute Gasteiger partial charge is 0.176 e. The maximum Gasteiger partial charge on any atom is 0.176 e. The van der Waals surface area contributed by atoms with Gasteiger partial charge in [-0.05, 0) is 34.7 Å². The minimum atomic E-state index is -3.28. The molecule has 0 radical (unpaired) electrons. The molecule has 0 N–H and O–H groups in total. The average Bonchev–Trinajstić information content (AvgIpc) is 2.37. The van der Waals surface area contributed by atoms with Crippen LogP contribution in [0.2, 0.25) is 5.02 Å². The highest BCUT2D eigenvalue weighted by Gasteiger charge is 2.13. The quantitative estimate of drug-likeness (QED) is 0.834. The second-order valence-electron chi connectivity index (χ2n) is 5.19. The Bertz CT molecular complexity index is 717. The number of rotatable bonds is 3. The molecule has 0 aliphatic carbocycles. The van der Waals surface area contributed by atoms with Gasteiger partial charge in [-0.3, -0.25) is 0 Å². The van der Waals surface area contributed by atoms with Crippen molar-refractivity contribution >= 4 is 21.4 Å². The van der Waals surface area contributed by atoms with Crippen LogP contribution in [-0.4, -0.2) is 14.7 Å². The van der Waals surface area contributed by atoms with Crippen LogP contribution in [0.15, 0.2) is 47.4 Å². The summed E-state index contributed by atoms with van der Waals surface area (Å²) in [5, 5.41) is 0.262. The molecule has 0 bridgehead atoms. The molecule has 0 saturated carbocycles. The molecule has 106 valence electrons. The minimum absolute atomic E-state index is 0.168. The average molecular weight is 309 g/mol. The topological polar surface area (TPSA) is 34.1 Å². The highest BCUT2D eigenvalue weighted by atomic mass is 35.5. The molecule has 0 spiro atoms. The summed E-state index contributed by atoms with van der Waals surface area (Å²) in [6.45, 7) is 4.29. The lowest BCUT2D eigenvalue weighted by molar-refractivity contribution is 0.602. The van der Waals surface area contributed by atoms with Crippen molar-refractivity contribution in [3.8, 4) is 11.1 Å². The first kappa shape index (κ1) is 15.1. The molecule has 4 heteroatoms. The molecule has 0 aliphatic heterocycles. The van der Waals surface area contributed by atoms with E-state index in [4.69, 9.17) is 11.6 Å². The number of benzene rings is 2. The summed E-state index contributed by atoms with van der Waals surface area (Å²) in [4.78, 5) is 0.168. The van der Waals surface area contributed by atoms with Crippen LogP contribution >= 0.6 is 11.6 Å². The monoisotopic (exact) mass is 308 g/mol. The summed E-state index contributed by atoms with van der Waals surface area (Å²) in [6.07, 6.45) is 1.16. The maximum absolute atomic E-state index is 11.5. The molecule has 2 aromatic carbocycles. The van der Waals surface area contributed by atoms with Crippen molar-refractivity contribution in [1.29, 1.82) is 0 Å². The zero-order chi connectivity index (χ0) is 14.9. The molecule has 0 fully saturated rings. The molecule has 0 aliphatic rings. The van der Waals surface area contributed by atoms with Gasteiger partial charge in [-0.1, -0.05) is 55.8 Å². The van der Waals surface area contributed by atoms with Gasteiger partial charge in [-0.25, -0.2) is 8.42 Å². The van der Waals surface area contributed by atoms with E-state index in [1.165, 1.54) is 5.56 Å². The number of hydrogen-bond acceptors (Lipinski definition) is 2. The van der Waals surface area contributed by atoms with Crippen molar-refractivity contribution in [3.63, 3.8) is 0 Å². The van der Waals surface area contributed by atoms with Gasteiger partial charge in [-0.15, -0.1) is 0 Å². The second kappa shape index (κ2) is 5.58. The Kier molecular flexibility index (Phi) is 4.21. The Balaban J connectivity index is 2.42. The molecule has 2 nitrogen and oxygen atoms in total. The first-order chi connectivity index (χ1) is 9.29. The molecule has 0 atom stereocenters. The second-order valence-corrected chi connectivity index (χ2v) is 7.59. The zero-order valence-electron chi connectivity index (χ0n) is 11.7. The fourth-order valence-corrected chi connectivity index (χ4v) is 3.37. The molecule has 0 aromatic heterocycles. The maximum atomic E-state index is 11.5. The lowest BCUT2D eigenvalue weighted by Crippen LogP contribution is -1.98. The lowest BCUT2D eigenvalue weighted by atomic mass is 9.99. The Hall–Kier alpha value is -1.32. The molecule has 2 aromatic rings. The van der Waals surface area contributed by atoms with Gasteiger partial charge in [0.05, 0.1) is 9.92 Å². The van der Waals surface area contributed by atoms with Crippen molar-refractivity contribution in [2.24, 2.45) is 0 Å². The van der Waals surface area contributed by atoms with Gasteiger partial charge in [0, 0.05) is 6.26 Å². The van der Waals surface area contributed by atoms with E-state index in [9.17, 15) is 8.42 Å². The predicted molar refractivity (Wildman–Crippen MR) is 84.1 cm³/mol. The van der Waals surface area contributed by atoms with Crippen LogP contribution in [-0.2, 0) is 9.84 Å². The molecule has 0 unspecified atom stereocenters. The Morgan fingerprint density at radius 2 is 1.50 bits per heavy atom. The largest absolute Gasteiger partial charge is 0.224 e. The lowest BCUT2D eigenvalue weighted by Gasteiger charge is -2.09. The van der Waals surface area contributed by atoms with Gasteiger partial charge in [0.25, 0.3) is 0 Å². The van der Waals surface area contributed by atoms with Crippen LogP contribution in [0.3, 0.4) is 0 Å². The Labute approximate surface area is 125 Å². The van der Waals surface area contributed by atoms with Crippen LogP contribution < -0.4 is 0 Å². The normalized spacial score (nSPS) is 11.8. The zero-order valence-corrected chi connectivity index (χ0v) is 13.3. The van der Waals surface area contributed by atoms with Gasteiger partial charge < -0.3 is 0 Å². The number of halogens is 1. The standard InChI is InChI=1S/C16H17ClO2S/c1-11(2)12-4-6-13(7-5-12)14-8-9-16(15(17)10-14)20(3,18)19/h4-11H,1-3H3. The molecule has 20 heavy (non-hydrogen) atoms. The van der Waals surface area contributed by atoms with Gasteiger partial charge in [0.1, 0.15) is 0 Å². The van der Waals surface area contributed by atoms with Crippen LogP contribution in [0.25, 0.3) is 11.1 Å². The van der Waals surface area contributed by atoms with Crippen LogP contribution in [0.4, 0.5) is 0 Å². The first-order valence-electron chi connectivity index (χ1n) is 6.39.